The molecule has 3 nitrogen and oxygen atoms in total. The van der Waals surface area contributed by atoms with Crippen LogP contribution in [-0.2, 0) is 15.7 Å². The predicted octanol–water partition coefficient (Wildman–Crippen LogP) is 1.03. The van der Waals surface area contributed by atoms with E-state index in [4.69, 9.17) is 4.74 Å². The minimum atomic E-state index is -0.949. The molecule has 0 bridgehead atoms. The molecule has 0 spiro atoms. The lowest BCUT2D eigenvalue weighted by atomic mass is 10.5. The number of hydrogen-bond acceptors (Lipinski definition) is 2. The van der Waals surface area contributed by atoms with E-state index in [2.05, 4.69) is 4.72 Å². The first kappa shape index (κ1) is 11.1. The third-order valence-electron chi connectivity index (χ3n) is 1.04. The van der Waals surface area contributed by atoms with E-state index in [1.165, 1.54) is 0 Å². The van der Waals surface area contributed by atoms with E-state index in [-0.39, 0.29) is 12.3 Å². The highest BCUT2D eigenvalue weighted by molar-refractivity contribution is 7.82. The average molecular weight is 179 g/mol. The molecule has 11 heavy (non-hydrogen) atoms. The minimum Gasteiger partial charge on any atom is -0.360 e. The molecule has 0 aliphatic rings. The summed E-state index contributed by atoms with van der Waals surface area (Å²) in [6.07, 6.45) is 0.0436. The van der Waals surface area contributed by atoms with Gasteiger partial charge in [-0.3, -0.25) is 0 Å². The molecule has 0 aromatic carbocycles. The van der Waals surface area contributed by atoms with Crippen molar-refractivity contribution in [1.29, 1.82) is 0 Å². The summed E-state index contributed by atoms with van der Waals surface area (Å²) < 4.78 is 19.1. The third kappa shape index (κ3) is 6.47. The summed E-state index contributed by atoms with van der Waals surface area (Å²) in [5, 5.41) is 0. The second-order valence-corrected chi connectivity index (χ2v) is 4.08. The van der Waals surface area contributed by atoms with Crippen LogP contribution >= 0.6 is 0 Å². The van der Waals surface area contributed by atoms with Crippen LogP contribution in [0.1, 0.15) is 27.7 Å². The van der Waals surface area contributed by atoms with Gasteiger partial charge in [-0.2, -0.15) is 0 Å². The van der Waals surface area contributed by atoms with Crippen LogP contribution in [-0.4, -0.2) is 22.3 Å². The highest BCUT2D eigenvalue weighted by Gasteiger charge is 2.05. The van der Waals surface area contributed by atoms with Gasteiger partial charge in [0.1, 0.15) is 6.23 Å². The van der Waals surface area contributed by atoms with Gasteiger partial charge in [-0.25, -0.2) is 8.93 Å². The van der Waals surface area contributed by atoms with E-state index in [0.717, 1.165) is 0 Å². The van der Waals surface area contributed by atoms with Gasteiger partial charge in [0.25, 0.3) is 0 Å². The lowest BCUT2D eigenvalue weighted by Gasteiger charge is -2.16. The lowest BCUT2D eigenvalue weighted by Crippen LogP contribution is -2.33. The Kier molecular flexibility index (Phi) is 5.72. The summed E-state index contributed by atoms with van der Waals surface area (Å²) >= 11 is 0. The van der Waals surface area contributed by atoms with Crippen LogP contribution in [0.5, 0.6) is 0 Å². The number of rotatable bonds is 5. The van der Waals surface area contributed by atoms with Crippen molar-refractivity contribution in [2.75, 3.05) is 5.75 Å². The monoisotopic (exact) mass is 179 g/mol. The molecule has 0 aliphatic heterocycles. The molecule has 0 fully saturated rings. The largest absolute Gasteiger partial charge is 0.360 e. The van der Waals surface area contributed by atoms with E-state index < -0.39 is 11.0 Å². The van der Waals surface area contributed by atoms with Gasteiger partial charge in [0.15, 0.2) is 0 Å². The fourth-order valence-electron chi connectivity index (χ4n) is 0.704. The second-order valence-electron chi connectivity index (χ2n) is 2.58. The van der Waals surface area contributed by atoms with Crippen LogP contribution < -0.4 is 4.72 Å². The topological polar surface area (TPSA) is 38.3 Å². The zero-order valence-electron chi connectivity index (χ0n) is 7.59. The molecular formula is C7H17NO2S. The molecule has 1 N–H and O–H groups in total. The zero-order chi connectivity index (χ0) is 8.85. The Labute approximate surface area is 71.1 Å². The van der Waals surface area contributed by atoms with Crippen molar-refractivity contribution in [1.82, 2.24) is 4.72 Å². The fraction of sp³-hybridized carbons (Fsp3) is 1.00. The summed E-state index contributed by atoms with van der Waals surface area (Å²) in [6.45, 7) is 7.62. The summed E-state index contributed by atoms with van der Waals surface area (Å²) in [4.78, 5) is 0. The molecule has 2 unspecified atom stereocenters. The third-order valence-corrected chi connectivity index (χ3v) is 2.16. The van der Waals surface area contributed by atoms with Crippen LogP contribution in [0.4, 0.5) is 0 Å². The standard InChI is InChI=1S/C7H17NO2S/c1-5-11(9)8-7(4)10-6(2)3/h6-8H,5H2,1-4H3. The normalized spacial score (nSPS) is 16.8. The Balaban J connectivity index is 3.51. The smallest absolute Gasteiger partial charge is 0.116 e. The van der Waals surface area contributed by atoms with Crippen LogP contribution in [0.15, 0.2) is 0 Å². The maximum atomic E-state index is 10.9. The number of hydrogen-bond donors (Lipinski definition) is 1. The van der Waals surface area contributed by atoms with Crippen molar-refractivity contribution in [3.05, 3.63) is 0 Å². The van der Waals surface area contributed by atoms with E-state index in [9.17, 15) is 4.21 Å². The van der Waals surface area contributed by atoms with Gasteiger partial charge >= 0.3 is 0 Å². The van der Waals surface area contributed by atoms with E-state index in [1.54, 1.807) is 0 Å². The van der Waals surface area contributed by atoms with E-state index in [0.29, 0.717) is 5.75 Å². The first-order valence-electron chi connectivity index (χ1n) is 3.86. The van der Waals surface area contributed by atoms with Crippen molar-refractivity contribution < 1.29 is 8.95 Å². The van der Waals surface area contributed by atoms with Crippen LogP contribution in [0, 0.1) is 0 Å². The summed E-state index contributed by atoms with van der Waals surface area (Å²) in [7, 11) is -0.949. The first-order valence-corrected chi connectivity index (χ1v) is 5.18. The Bertz CT molecular complexity index is 128. The lowest BCUT2D eigenvalue weighted by molar-refractivity contribution is 0.0137. The molecular weight excluding hydrogens is 162 g/mol. The Morgan fingerprint density at radius 2 is 2.00 bits per heavy atom. The highest BCUT2D eigenvalue weighted by Crippen LogP contribution is 1.94. The molecule has 68 valence electrons. The zero-order valence-corrected chi connectivity index (χ0v) is 8.40. The first-order chi connectivity index (χ1) is 5.06. The van der Waals surface area contributed by atoms with Crippen molar-refractivity contribution in [2.45, 2.75) is 40.0 Å². The number of nitrogens with one attached hydrogen (secondary N) is 1. The molecule has 0 saturated carbocycles. The van der Waals surface area contributed by atoms with Gasteiger partial charge in [-0.1, -0.05) is 6.92 Å². The van der Waals surface area contributed by atoms with Gasteiger partial charge in [0, 0.05) is 5.75 Å². The van der Waals surface area contributed by atoms with Crippen LogP contribution in [0.2, 0.25) is 0 Å². The van der Waals surface area contributed by atoms with Gasteiger partial charge in [0.05, 0.1) is 17.1 Å². The summed E-state index contributed by atoms with van der Waals surface area (Å²) in [5.41, 5.74) is 0. The summed E-state index contributed by atoms with van der Waals surface area (Å²) in [5.74, 6) is 0.617. The number of ether oxygens (including phenoxy) is 1. The van der Waals surface area contributed by atoms with Crippen LogP contribution in [0.25, 0.3) is 0 Å². The quantitative estimate of drug-likeness (QED) is 0.640. The predicted molar refractivity (Wildman–Crippen MR) is 47.5 cm³/mol. The van der Waals surface area contributed by atoms with Crippen molar-refractivity contribution in [3.63, 3.8) is 0 Å². The molecule has 2 atom stereocenters. The van der Waals surface area contributed by atoms with Crippen molar-refractivity contribution >= 4 is 11.0 Å². The van der Waals surface area contributed by atoms with E-state index >= 15 is 0 Å². The molecule has 0 aromatic rings. The maximum Gasteiger partial charge on any atom is 0.116 e. The van der Waals surface area contributed by atoms with Gasteiger partial charge in [0.2, 0.25) is 0 Å². The summed E-state index contributed by atoms with van der Waals surface area (Å²) in [6, 6.07) is 0. The van der Waals surface area contributed by atoms with Gasteiger partial charge in [-0.05, 0) is 20.8 Å². The average Bonchev–Trinajstić information content (AvgIpc) is 1.85. The Morgan fingerprint density at radius 3 is 2.36 bits per heavy atom. The molecule has 4 heteroatoms. The molecule has 0 saturated heterocycles. The van der Waals surface area contributed by atoms with Gasteiger partial charge < -0.3 is 4.74 Å². The van der Waals surface area contributed by atoms with Crippen molar-refractivity contribution in [2.24, 2.45) is 0 Å². The Hall–Kier alpha value is 0.0700. The molecule has 0 radical (unpaired) electrons. The molecule has 0 aromatic heterocycles. The Morgan fingerprint density at radius 1 is 1.45 bits per heavy atom. The second kappa shape index (κ2) is 5.69. The minimum absolute atomic E-state index is 0.129. The molecule has 0 aliphatic carbocycles. The van der Waals surface area contributed by atoms with Crippen molar-refractivity contribution in [3.8, 4) is 0 Å². The van der Waals surface area contributed by atoms with Gasteiger partial charge in [-0.15, -0.1) is 0 Å². The SMILES string of the molecule is CCS(=O)NC(C)OC(C)C. The van der Waals surface area contributed by atoms with Crippen LogP contribution in [0.3, 0.4) is 0 Å². The molecule has 0 amide bonds. The molecule has 0 rings (SSSR count). The molecule has 0 heterocycles. The fourth-order valence-corrected chi connectivity index (χ4v) is 1.30. The maximum absolute atomic E-state index is 10.9. The highest BCUT2D eigenvalue weighted by atomic mass is 32.2. The van der Waals surface area contributed by atoms with E-state index in [1.807, 2.05) is 27.7 Å².